The summed E-state index contributed by atoms with van der Waals surface area (Å²) in [4.78, 5) is 19.1. The highest BCUT2D eigenvalue weighted by Gasteiger charge is 2.39. The van der Waals surface area contributed by atoms with E-state index < -0.39 is 0 Å². The molecule has 0 unspecified atom stereocenters. The number of carbonyl (C=O) groups excluding carboxylic acids is 1. The highest BCUT2D eigenvalue weighted by atomic mass is 16.5. The number of amides is 1. The monoisotopic (exact) mass is 420 g/mol. The number of nitrogens with two attached hydrogens (primary N) is 1. The van der Waals surface area contributed by atoms with Crippen LogP contribution in [0.2, 0.25) is 0 Å². The van der Waals surface area contributed by atoms with E-state index in [-0.39, 0.29) is 17.9 Å². The Kier molecular flexibility index (Phi) is 5.93. The number of methoxy groups -OCH3 is 1. The number of benzene rings is 2. The van der Waals surface area contributed by atoms with Crippen molar-refractivity contribution in [3.63, 3.8) is 0 Å². The van der Waals surface area contributed by atoms with Crippen LogP contribution in [0.5, 0.6) is 17.2 Å². The maximum Gasteiger partial charge on any atom is 0.230 e. The maximum absolute atomic E-state index is 13.1. The second kappa shape index (κ2) is 8.79. The van der Waals surface area contributed by atoms with Gasteiger partial charge in [-0.1, -0.05) is 6.07 Å². The fourth-order valence-corrected chi connectivity index (χ4v) is 4.06. The molecule has 2 aromatic rings. The van der Waals surface area contributed by atoms with Gasteiger partial charge in [0.1, 0.15) is 23.0 Å². The zero-order chi connectivity index (χ0) is 22.0. The van der Waals surface area contributed by atoms with Crippen molar-refractivity contribution in [3.8, 4) is 17.2 Å². The lowest BCUT2D eigenvalue weighted by atomic mass is 9.92. The molecule has 0 aromatic heterocycles. The molecule has 0 spiro atoms. The molecule has 2 N–H and O–H groups in total. The topological polar surface area (TPSA) is 89.5 Å². The number of ether oxygens (including phenoxy) is 2. The quantitative estimate of drug-likeness (QED) is 0.436. The summed E-state index contributed by atoms with van der Waals surface area (Å²) in [7, 11) is 3.29. The van der Waals surface area contributed by atoms with Gasteiger partial charge in [-0.05, 0) is 56.9 Å². The zero-order valence-electron chi connectivity index (χ0n) is 18.2. The number of hydrazone groups is 1. The highest BCUT2D eigenvalue weighted by molar-refractivity contribution is 6.39. The van der Waals surface area contributed by atoms with Gasteiger partial charge < -0.3 is 20.2 Å². The molecule has 1 saturated carbocycles. The summed E-state index contributed by atoms with van der Waals surface area (Å²) in [5, 5.41) is 3.92. The Morgan fingerprint density at radius 2 is 1.97 bits per heavy atom. The van der Waals surface area contributed by atoms with E-state index in [1.807, 2.05) is 41.3 Å². The molecule has 1 atom stereocenters. The Bertz CT molecular complexity index is 1040. The van der Waals surface area contributed by atoms with E-state index in [1.54, 1.807) is 20.4 Å². The molecular weight excluding hydrogens is 392 g/mol. The summed E-state index contributed by atoms with van der Waals surface area (Å²) in [6.07, 6.45) is 5.21. The number of hydrogen-bond acceptors (Lipinski definition) is 6. The van der Waals surface area contributed by atoms with Crippen molar-refractivity contribution in [1.29, 1.82) is 0 Å². The van der Waals surface area contributed by atoms with Gasteiger partial charge in [0, 0.05) is 42.4 Å². The van der Waals surface area contributed by atoms with E-state index in [9.17, 15) is 4.79 Å². The molecule has 4 rings (SSSR count). The summed E-state index contributed by atoms with van der Waals surface area (Å²) in [5.74, 6) is 8.01. The summed E-state index contributed by atoms with van der Waals surface area (Å²) in [6.45, 7) is 2.11. The number of fused-ring (bicyclic) bond motifs is 1. The van der Waals surface area contributed by atoms with Gasteiger partial charge >= 0.3 is 0 Å². The summed E-state index contributed by atoms with van der Waals surface area (Å²) < 4.78 is 11.7. The van der Waals surface area contributed by atoms with E-state index in [0.717, 1.165) is 42.5 Å². The molecule has 31 heavy (non-hydrogen) atoms. The van der Waals surface area contributed by atoms with E-state index >= 15 is 0 Å². The molecule has 1 aliphatic heterocycles. The SMILES string of the molecule is CN=CC(=NN)c1ccc2c(c1Oc1cccc(OC)c1)CC[C@H](C)N2C(=O)C1CC1. The number of hydrogen-bond donors (Lipinski definition) is 1. The minimum Gasteiger partial charge on any atom is -0.497 e. The normalized spacial score (nSPS) is 18.7. The predicted molar refractivity (Wildman–Crippen MR) is 123 cm³/mol. The lowest BCUT2D eigenvalue weighted by Gasteiger charge is -2.36. The van der Waals surface area contributed by atoms with Crippen LogP contribution in [0.1, 0.15) is 37.3 Å². The summed E-state index contributed by atoms with van der Waals surface area (Å²) in [6, 6.07) is 11.5. The maximum atomic E-state index is 13.1. The first-order valence-corrected chi connectivity index (χ1v) is 10.6. The lowest BCUT2D eigenvalue weighted by Crippen LogP contribution is -2.43. The van der Waals surface area contributed by atoms with Crippen LogP contribution in [0.25, 0.3) is 0 Å². The minimum absolute atomic E-state index is 0.143. The Morgan fingerprint density at radius 1 is 1.19 bits per heavy atom. The standard InChI is InChI=1S/C24H28N4O3/c1-15-7-10-20-22(28(15)24(29)16-8-9-16)12-11-19(21(27-25)14-26-2)23(20)31-18-6-4-5-17(13-18)30-3/h4-6,11-16H,7-10,25H2,1-3H3/t15-/m0/s1. The predicted octanol–water partition coefficient (Wildman–Crippen LogP) is 3.93. The average Bonchev–Trinajstić information content (AvgIpc) is 3.63. The third-order valence-electron chi connectivity index (χ3n) is 5.84. The molecule has 1 fully saturated rings. The molecule has 1 amide bonds. The molecule has 7 heteroatoms. The largest absolute Gasteiger partial charge is 0.497 e. The summed E-state index contributed by atoms with van der Waals surface area (Å²) >= 11 is 0. The van der Waals surface area contributed by atoms with Crippen molar-refractivity contribution in [2.75, 3.05) is 19.1 Å². The van der Waals surface area contributed by atoms with Crippen LogP contribution in [-0.2, 0) is 11.2 Å². The van der Waals surface area contributed by atoms with Gasteiger partial charge in [0.2, 0.25) is 5.91 Å². The molecule has 0 radical (unpaired) electrons. The molecule has 1 aliphatic carbocycles. The fourth-order valence-electron chi connectivity index (χ4n) is 4.06. The molecule has 2 aromatic carbocycles. The lowest BCUT2D eigenvalue weighted by molar-refractivity contribution is -0.120. The Labute approximate surface area is 182 Å². The average molecular weight is 421 g/mol. The van der Waals surface area contributed by atoms with Crippen LogP contribution < -0.4 is 20.2 Å². The molecule has 7 nitrogen and oxygen atoms in total. The van der Waals surface area contributed by atoms with Crippen molar-refractivity contribution in [1.82, 2.24) is 0 Å². The summed E-state index contributed by atoms with van der Waals surface area (Å²) in [5.41, 5.74) is 3.14. The van der Waals surface area contributed by atoms with Crippen LogP contribution in [0.3, 0.4) is 0 Å². The highest BCUT2D eigenvalue weighted by Crippen LogP contribution is 2.43. The fraction of sp³-hybridized carbons (Fsp3) is 0.375. The van der Waals surface area contributed by atoms with Gasteiger partial charge in [0.15, 0.2) is 0 Å². The molecule has 0 saturated heterocycles. The molecular formula is C24H28N4O3. The minimum atomic E-state index is 0.143. The third-order valence-corrected chi connectivity index (χ3v) is 5.84. The van der Waals surface area contributed by atoms with Crippen molar-refractivity contribution in [2.45, 2.75) is 38.6 Å². The van der Waals surface area contributed by atoms with Crippen molar-refractivity contribution < 1.29 is 14.3 Å². The molecule has 2 aliphatic rings. The first kappa shape index (κ1) is 20.9. The van der Waals surface area contributed by atoms with Gasteiger partial charge in [-0.25, -0.2) is 0 Å². The van der Waals surface area contributed by atoms with Gasteiger partial charge in [-0.15, -0.1) is 0 Å². The van der Waals surface area contributed by atoms with Gasteiger partial charge in [-0.3, -0.25) is 9.79 Å². The Morgan fingerprint density at radius 3 is 2.65 bits per heavy atom. The van der Waals surface area contributed by atoms with Gasteiger partial charge in [-0.2, -0.15) is 5.10 Å². The van der Waals surface area contributed by atoms with E-state index in [2.05, 4.69) is 17.0 Å². The van der Waals surface area contributed by atoms with Crippen LogP contribution in [0.4, 0.5) is 5.69 Å². The van der Waals surface area contributed by atoms with Crippen LogP contribution >= 0.6 is 0 Å². The van der Waals surface area contributed by atoms with Crippen molar-refractivity contribution >= 4 is 23.5 Å². The first-order valence-electron chi connectivity index (χ1n) is 10.6. The second-order valence-corrected chi connectivity index (χ2v) is 7.99. The molecule has 0 bridgehead atoms. The van der Waals surface area contributed by atoms with Crippen LogP contribution in [0.15, 0.2) is 46.5 Å². The van der Waals surface area contributed by atoms with E-state index in [0.29, 0.717) is 23.0 Å². The second-order valence-electron chi connectivity index (χ2n) is 7.99. The smallest absolute Gasteiger partial charge is 0.230 e. The van der Waals surface area contributed by atoms with E-state index in [1.165, 1.54) is 0 Å². The third kappa shape index (κ3) is 4.13. The number of carbonyl (C=O) groups is 1. The Balaban J connectivity index is 1.85. The van der Waals surface area contributed by atoms with Crippen LogP contribution in [0, 0.1) is 5.92 Å². The Hall–Kier alpha value is -3.35. The van der Waals surface area contributed by atoms with E-state index in [4.69, 9.17) is 15.3 Å². The van der Waals surface area contributed by atoms with Crippen molar-refractivity contribution in [3.05, 3.63) is 47.5 Å². The number of anilines is 1. The molecule has 162 valence electrons. The number of aliphatic imine (C=N–C) groups is 1. The molecule has 1 heterocycles. The van der Waals surface area contributed by atoms with Gasteiger partial charge in [0.25, 0.3) is 0 Å². The zero-order valence-corrected chi connectivity index (χ0v) is 18.2. The first-order chi connectivity index (χ1) is 15.1. The van der Waals surface area contributed by atoms with Crippen molar-refractivity contribution in [2.24, 2.45) is 21.9 Å². The number of rotatable bonds is 6. The van der Waals surface area contributed by atoms with Gasteiger partial charge in [0.05, 0.1) is 12.8 Å². The van der Waals surface area contributed by atoms with Crippen LogP contribution in [-0.4, -0.2) is 38.0 Å². The number of nitrogens with zero attached hydrogens (tertiary/aromatic N) is 3.